The van der Waals surface area contributed by atoms with Crippen molar-refractivity contribution >= 4 is 45.0 Å². The number of hydrogen-bond donors (Lipinski definition) is 1. The first-order valence-corrected chi connectivity index (χ1v) is 12.1. The molecular formula is C22H28N4O2S2. The third-order valence-corrected chi connectivity index (χ3v) is 6.60. The smallest absolute Gasteiger partial charge is 0.262 e. The summed E-state index contributed by atoms with van der Waals surface area (Å²) in [5.74, 6) is 1.10. The second-order valence-corrected chi connectivity index (χ2v) is 9.67. The Bertz CT molecular complexity index is 1070. The van der Waals surface area contributed by atoms with Crippen LogP contribution < -0.4 is 10.9 Å². The van der Waals surface area contributed by atoms with Gasteiger partial charge < -0.3 is 5.32 Å². The highest BCUT2D eigenvalue weighted by Crippen LogP contribution is 2.28. The Balaban J connectivity index is 1.86. The van der Waals surface area contributed by atoms with Gasteiger partial charge in [-0.3, -0.25) is 14.2 Å². The lowest BCUT2D eigenvalue weighted by Gasteiger charge is -2.20. The fraction of sp³-hybridized carbons (Fsp3) is 0.455. The van der Waals surface area contributed by atoms with Gasteiger partial charge in [0, 0.05) is 24.1 Å². The Morgan fingerprint density at radius 1 is 1.20 bits per heavy atom. The SMILES string of the molecule is CC(=O)Nc1nc(CSc2nc3ccccc3c(=O)n2C(C)CCCC(C)C)cs1. The molecular weight excluding hydrogens is 416 g/mol. The van der Waals surface area contributed by atoms with Crippen molar-refractivity contribution in [2.24, 2.45) is 5.92 Å². The first-order valence-electron chi connectivity index (χ1n) is 10.2. The van der Waals surface area contributed by atoms with E-state index < -0.39 is 0 Å². The number of nitrogens with zero attached hydrogens (tertiary/aromatic N) is 3. The summed E-state index contributed by atoms with van der Waals surface area (Å²) in [5.41, 5.74) is 1.58. The molecule has 0 aliphatic carbocycles. The molecule has 30 heavy (non-hydrogen) atoms. The van der Waals surface area contributed by atoms with Crippen LogP contribution in [0.5, 0.6) is 0 Å². The van der Waals surface area contributed by atoms with Gasteiger partial charge in [0.25, 0.3) is 5.56 Å². The largest absolute Gasteiger partial charge is 0.302 e. The van der Waals surface area contributed by atoms with E-state index in [0.29, 0.717) is 32.9 Å². The number of anilines is 1. The van der Waals surface area contributed by atoms with Gasteiger partial charge in [0.15, 0.2) is 10.3 Å². The Kier molecular flexibility index (Phi) is 7.66. The third kappa shape index (κ3) is 5.70. The molecule has 6 nitrogen and oxygen atoms in total. The summed E-state index contributed by atoms with van der Waals surface area (Å²) < 4.78 is 1.84. The molecule has 0 fully saturated rings. The van der Waals surface area contributed by atoms with Gasteiger partial charge in [-0.25, -0.2) is 9.97 Å². The number of fused-ring (bicyclic) bond motifs is 1. The number of nitrogens with one attached hydrogen (secondary N) is 1. The van der Waals surface area contributed by atoms with Gasteiger partial charge in [-0.15, -0.1) is 11.3 Å². The number of carbonyl (C=O) groups excluding carboxylic acids is 1. The summed E-state index contributed by atoms with van der Waals surface area (Å²) in [4.78, 5) is 33.7. The van der Waals surface area contributed by atoms with E-state index in [4.69, 9.17) is 4.98 Å². The molecule has 3 aromatic rings. The van der Waals surface area contributed by atoms with Gasteiger partial charge in [-0.1, -0.05) is 50.6 Å². The highest BCUT2D eigenvalue weighted by Gasteiger charge is 2.17. The third-order valence-electron chi connectivity index (χ3n) is 4.80. The minimum absolute atomic E-state index is 0.0114. The topological polar surface area (TPSA) is 76.9 Å². The molecule has 1 atom stereocenters. The number of rotatable bonds is 9. The van der Waals surface area contributed by atoms with Crippen LogP contribution in [0.4, 0.5) is 5.13 Å². The highest BCUT2D eigenvalue weighted by molar-refractivity contribution is 7.98. The number of para-hydroxylation sites is 1. The van der Waals surface area contributed by atoms with Crippen LogP contribution in [-0.4, -0.2) is 20.4 Å². The maximum atomic E-state index is 13.3. The minimum Gasteiger partial charge on any atom is -0.302 e. The van der Waals surface area contributed by atoms with Crippen molar-refractivity contribution in [1.29, 1.82) is 0 Å². The van der Waals surface area contributed by atoms with Crippen LogP contribution in [0.2, 0.25) is 0 Å². The van der Waals surface area contributed by atoms with Gasteiger partial charge in [0.2, 0.25) is 5.91 Å². The van der Waals surface area contributed by atoms with Crippen LogP contribution in [-0.2, 0) is 10.5 Å². The molecule has 8 heteroatoms. The molecule has 2 aromatic heterocycles. The zero-order valence-corrected chi connectivity index (χ0v) is 19.5. The molecule has 2 heterocycles. The average molecular weight is 445 g/mol. The number of thiazole rings is 1. The van der Waals surface area contributed by atoms with E-state index in [1.54, 1.807) is 0 Å². The molecule has 0 aliphatic rings. The van der Waals surface area contributed by atoms with Crippen molar-refractivity contribution < 1.29 is 4.79 Å². The zero-order valence-electron chi connectivity index (χ0n) is 17.8. The molecule has 0 spiro atoms. The molecule has 160 valence electrons. The lowest BCUT2D eigenvalue weighted by molar-refractivity contribution is -0.114. The molecule has 1 amide bonds. The van der Waals surface area contributed by atoms with Gasteiger partial charge >= 0.3 is 0 Å². The Hall–Kier alpha value is -2.19. The van der Waals surface area contributed by atoms with E-state index in [-0.39, 0.29) is 17.5 Å². The van der Waals surface area contributed by atoms with Gasteiger partial charge in [-0.05, 0) is 31.4 Å². The molecule has 0 saturated heterocycles. The first kappa shape index (κ1) is 22.5. The predicted molar refractivity (Wildman–Crippen MR) is 125 cm³/mol. The lowest BCUT2D eigenvalue weighted by atomic mass is 10.0. The normalized spacial score (nSPS) is 12.4. The predicted octanol–water partition coefficient (Wildman–Crippen LogP) is 5.49. The number of aromatic nitrogens is 3. The van der Waals surface area contributed by atoms with E-state index >= 15 is 0 Å². The van der Waals surface area contributed by atoms with E-state index in [1.807, 2.05) is 34.2 Å². The van der Waals surface area contributed by atoms with Gasteiger partial charge in [0.1, 0.15) is 0 Å². The van der Waals surface area contributed by atoms with Crippen LogP contribution in [0.1, 0.15) is 58.7 Å². The Morgan fingerprint density at radius 2 is 1.97 bits per heavy atom. The standard InChI is InChI=1S/C22H28N4O2S2/c1-14(2)8-7-9-15(3)26-20(28)18-10-5-6-11-19(18)25-22(26)30-13-17-12-29-21(24-17)23-16(4)27/h5-6,10-12,14-15H,7-9,13H2,1-4H3,(H,23,24,27). The Labute approximate surface area is 185 Å². The maximum Gasteiger partial charge on any atom is 0.262 e. The molecule has 0 saturated carbocycles. The molecule has 1 unspecified atom stereocenters. The average Bonchev–Trinajstić information content (AvgIpc) is 3.12. The number of thioether (sulfide) groups is 1. The monoisotopic (exact) mass is 444 g/mol. The molecule has 3 rings (SSSR count). The summed E-state index contributed by atoms with van der Waals surface area (Å²) in [7, 11) is 0. The number of amides is 1. The van der Waals surface area contributed by atoms with E-state index in [2.05, 4.69) is 31.1 Å². The van der Waals surface area contributed by atoms with Crippen molar-refractivity contribution in [3.8, 4) is 0 Å². The summed E-state index contributed by atoms with van der Waals surface area (Å²) in [5, 5.41) is 6.58. The molecule has 0 bridgehead atoms. The van der Waals surface area contributed by atoms with Crippen LogP contribution in [0, 0.1) is 5.92 Å². The number of carbonyl (C=O) groups is 1. The van der Waals surface area contributed by atoms with Crippen molar-refractivity contribution in [2.75, 3.05) is 5.32 Å². The summed E-state index contributed by atoms with van der Waals surface area (Å²) in [6.07, 6.45) is 3.16. The van der Waals surface area contributed by atoms with Gasteiger partial charge in [0.05, 0.1) is 16.6 Å². The summed E-state index contributed by atoms with van der Waals surface area (Å²) in [6.45, 7) is 8.01. The second kappa shape index (κ2) is 10.2. The van der Waals surface area contributed by atoms with E-state index in [9.17, 15) is 9.59 Å². The second-order valence-electron chi connectivity index (χ2n) is 7.87. The van der Waals surface area contributed by atoms with E-state index in [1.165, 1.54) is 30.0 Å². The molecule has 0 aliphatic heterocycles. The summed E-state index contributed by atoms with van der Waals surface area (Å²) >= 11 is 2.91. The minimum atomic E-state index is -0.135. The molecule has 0 radical (unpaired) electrons. The Morgan fingerprint density at radius 3 is 2.70 bits per heavy atom. The molecule has 1 aromatic carbocycles. The van der Waals surface area contributed by atoms with Crippen LogP contribution in [0.25, 0.3) is 10.9 Å². The first-order chi connectivity index (χ1) is 14.3. The van der Waals surface area contributed by atoms with Crippen molar-refractivity contribution in [3.05, 3.63) is 45.7 Å². The fourth-order valence-electron chi connectivity index (χ4n) is 3.29. The number of benzene rings is 1. The highest BCUT2D eigenvalue weighted by atomic mass is 32.2. The maximum absolute atomic E-state index is 13.3. The molecule has 1 N–H and O–H groups in total. The number of hydrogen-bond acceptors (Lipinski definition) is 6. The zero-order chi connectivity index (χ0) is 21.7. The van der Waals surface area contributed by atoms with Crippen LogP contribution in [0.15, 0.2) is 39.6 Å². The van der Waals surface area contributed by atoms with Crippen LogP contribution >= 0.6 is 23.1 Å². The van der Waals surface area contributed by atoms with E-state index in [0.717, 1.165) is 25.0 Å². The van der Waals surface area contributed by atoms with Crippen molar-refractivity contribution in [1.82, 2.24) is 14.5 Å². The van der Waals surface area contributed by atoms with Crippen molar-refractivity contribution in [2.45, 2.75) is 63.9 Å². The lowest BCUT2D eigenvalue weighted by Crippen LogP contribution is -2.26. The quantitative estimate of drug-likeness (QED) is 0.349. The summed E-state index contributed by atoms with van der Waals surface area (Å²) in [6, 6.07) is 7.58. The van der Waals surface area contributed by atoms with Crippen molar-refractivity contribution in [3.63, 3.8) is 0 Å². The fourth-order valence-corrected chi connectivity index (χ4v) is 5.14. The van der Waals surface area contributed by atoms with Crippen LogP contribution in [0.3, 0.4) is 0 Å². The van der Waals surface area contributed by atoms with Gasteiger partial charge in [-0.2, -0.15) is 0 Å².